The summed E-state index contributed by atoms with van der Waals surface area (Å²) in [6, 6.07) is 8.17. The van der Waals surface area contributed by atoms with Gasteiger partial charge in [0.25, 0.3) is 0 Å². The van der Waals surface area contributed by atoms with Crippen molar-refractivity contribution < 1.29 is 4.74 Å². The van der Waals surface area contributed by atoms with Crippen LogP contribution in [0.25, 0.3) is 0 Å². The lowest BCUT2D eigenvalue weighted by molar-refractivity contribution is 0.457. The summed E-state index contributed by atoms with van der Waals surface area (Å²) < 4.78 is 5.71. The molecule has 2 rings (SSSR count). The minimum absolute atomic E-state index is 0.455. The number of aromatic nitrogens is 2. The lowest BCUT2D eigenvalue weighted by atomic mass is 10.2. The molecule has 2 aromatic rings. The van der Waals surface area contributed by atoms with Gasteiger partial charge in [-0.2, -0.15) is 0 Å². The van der Waals surface area contributed by atoms with Crippen LogP contribution in [0.5, 0.6) is 11.6 Å². The Kier molecular flexibility index (Phi) is 4.47. The van der Waals surface area contributed by atoms with Crippen LogP contribution in [-0.2, 0) is 6.54 Å². The number of ether oxygens (including phenoxy) is 1. The van der Waals surface area contributed by atoms with Crippen LogP contribution in [0.1, 0.15) is 25.1 Å². The Bertz CT molecular complexity index is 526. The number of hydrogen-bond acceptors (Lipinski definition) is 4. The number of aryl methyl sites for hydroxylation is 1. The quantitative estimate of drug-likeness (QED) is 0.894. The van der Waals surface area contributed by atoms with E-state index in [4.69, 9.17) is 4.74 Å². The summed E-state index contributed by atoms with van der Waals surface area (Å²) in [6.07, 6.45) is 3.39. The molecular weight excluding hydrogens is 238 g/mol. The molecule has 0 saturated heterocycles. The fourth-order valence-electron chi connectivity index (χ4n) is 1.71. The molecule has 0 saturated carbocycles. The van der Waals surface area contributed by atoms with E-state index in [-0.39, 0.29) is 0 Å². The Morgan fingerprint density at radius 2 is 2.16 bits per heavy atom. The maximum absolute atomic E-state index is 5.71. The summed E-state index contributed by atoms with van der Waals surface area (Å²) in [6.45, 7) is 7.03. The monoisotopic (exact) mass is 257 g/mol. The third-order valence-electron chi connectivity index (χ3n) is 2.56. The van der Waals surface area contributed by atoms with Crippen molar-refractivity contribution >= 4 is 0 Å². The zero-order valence-corrected chi connectivity index (χ0v) is 11.6. The number of nitrogens with zero attached hydrogens (tertiary/aromatic N) is 2. The Balaban J connectivity index is 2.12. The molecule has 0 radical (unpaired) electrons. The van der Waals surface area contributed by atoms with Crippen LogP contribution in [0.4, 0.5) is 0 Å². The molecule has 0 aromatic carbocycles. The topological polar surface area (TPSA) is 47.0 Å². The van der Waals surface area contributed by atoms with E-state index >= 15 is 0 Å². The van der Waals surface area contributed by atoms with Gasteiger partial charge in [-0.25, -0.2) is 4.98 Å². The molecule has 2 aromatic heterocycles. The van der Waals surface area contributed by atoms with E-state index < -0.39 is 0 Å². The van der Waals surface area contributed by atoms with Gasteiger partial charge in [0.1, 0.15) is 5.75 Å². The van der Waals surface area contributed by atoms with Crippen molar-refractivity contribution in [2.24, 2.45) is 0 Å². The summed E-state index contributed by atoms with van der Waals surface area (Å²) >= 11 is 0. The van der Waals surface area contributed by atoms with Gasteiger partial charge in [0.15, 0.2) is 0 Å². The van der Waals surface area contributed by atoms with Gasteiger partial charge in [-0.05, 0) is 30.7 Å². The molecule has 0 atom stereocenters. The van der Waals surface area contributed by atoms with Gasteiger partial charge in [0.05, 0.1) is 6.20 Å². The van der Waals surface area contributed by atoms with E-state index in [0.717, 1.165) is 12.2 Å². The molecule has 0 aliphatic heterocycles. The van der Waals surface area contributed by atoms with Crippen molar-refractivity contribution in [1.29, 1.82) is 0 Å². The minimum Gasteiger partial charge on any atom is -0.437 e. The fraction of sp³-hybridized carbons (Fsp3) is 0.333. The van der Waals surface area contributed by atoms with Crippen LogP contribution in [0.15, 0.2) is 36.7 Å². The highest BCUT2D eigenvalue weighted by molar-refractivity contribution is 5.29. The van der Waals surface area contributed by atoms with Crippen LogP contribution in [0.3, 0.4) is 0 Å². The maximum Gasteiger partial charge on any atom is 0.219 e. The molecular formula is C15H19N3O. The predicted molar refractivity (Wildman–Crippen MR) is 75.3 cm³/mol. The first-order chi connectivity index (χ1) is 9.13. The molecule has 2 heterocycles. The van der Waals surface area contributed by atoms with E-state index in [1.54, 1.807) is 12.4 Å². The third kappa shape index (κ3) is 4.34. The molecule has 4 heteroatoms. The van der Waals surface area contributed by atoms with Crippen molar-refractivity contribution in [1.82, 2.24) is 15.3 Å². The number of hydrogen-bond donors (Lipinski definition) is 1. The van der Waals surface area contributed by atoms with Crippen molar-refractivity contribution in [2.75, 3.05) is 0 Å². The zero-order valence-electron chi connectivity index (χ0n) is 11.6. The first kappa shape index (κ1) is 13.5. The third-order valence-corrected chi connectivity index (χ3v) is 2.56. The molecule has 4 nitrogen and oxygen atoms in total. The van der Waals surface area contributed by atoms with Crippen LogP contribution >= 0.6 is 0 Å². The zero-order chi connectivity index (χ0) is 13.7. The second-order valence-corrected chi connectivity index (χ2v) is 4.78. The molecule has 0 spiro atoms. The summed E-state index contributed by atoms with van der Waals surface area (Å²) in [5.41, 5.74) is 2.11. The minimum atomic E-state index is 0.455. The number of nitrogens with one attached hydrogen (secondary N) is 1. The molecule has 0 fully saturated rings. The van der Waals surface area contributed by atoms with Gasteiger partial charge in [-0.3, -0.25) is 4.98 Å². The van der Waals surface area contributed by atoms with Gasteiger partial charge in [0, 0.05) is 30.5 Å². The van der Waals surface area contributed by atoms with E-state index in [1.165, 1.54) is 5.56 Å². The van der Waals surface area contributed by atoms with Crippen LogP contribution in [-0.4, -0.2) is 16.0 Å². The van der Waals surface area contributed by atoms with Gasteiger partial charge in [-0.15, -0.1) is 0 Å². The Morgan fingerprint density at radius 1 is 1.32 bits per heavy atom. The fourth-order valence-corrected chi connectivity index (χ4v) is 1.71. The molecule has 0 aliphatic carbocycles. The highest BCUT2D eigenvalue weighted by Crippen LogP contribution is 2.19. The van der Waals surface area contributed by atoms with Crippen LogP contribution < -0.4 is 10.1 Å². The van der Waals surface area contributed by atoms with Crippen molar-refractivity contribution in [3.63, 3.8) is 0 Å². The van der Waals surface area contributed by atoms with Crippen molar-refractivity contribution in [2.45, 2.75) is 33.4 Å². The predicted octanol–water partition coefficient (Wildman–Crippen LogP) is 3.08. The second kappa shape index (κ2) is 6.29. The number of pyridine rings is 2. The summed E-state index contributed by atoms with van der Waals surface area (Å²) in [4.78, 5) is 8.40. The van der Waals surface area contributed by atoms with Gasteiger partial charge >= 0.3 is 0 Å². The average molecular weight is 257 g/mol. The normalized spacial score (nSPS) is 10.7. The van der Waals surface area contributed by atoms with Crippen molar-refractivity contribution in [3.05, 3.63) is 47.9 Å². The first-order valence-corrected chi connectivity index (χ1v) is 6.42. The SMILES string of the molecule is Cc1cc(CNC(C)C)cc(Oc2cccnc2)n1. The molecule has 19 heavy (non-hydrogen) atoms. The van der Waals surface area contributed by atoms with Crippen LogP contribution in [0, 0.1) is 6.92 Å². The Morgan fingerprint density at radius 3 is 2.84 bits per heavy atom. The van der Waals surface area contributed by atoms with Crippen molar-refractivity contribution in [3.8, 4) is 11.6 Å². The standard InChI is InChI=1S/C15H19N3O/c1-11(2)17-9-13-7-12(3)18-15(8-13)19-14-5-4-6-16-10-14/h4-8,10-11,17H,9H2,1-3H3. The first-order valence-electron chi connectivity index (χ1n) is 6.42. The number of rotatable bonds is 5. The van der Waals surface area contributed by atoms with E-state index in [0.29, 0.717) is 17.7 Å². The van der Waals surface area contributed by atoms with E-state index in [2.05, 4.69) is 35.2 Å². The van der Waals surface area contributed by atoms with E-state index in [9.17, 15) is 0 Å². The van der Waals surface area contributed by atoms with Crippen LogP contribution in [0.2, 0.25) is 0 Å². The van der Waals surface area contributed by atoms with Gasteiger partial charge in [-0.1, -0.05) is 13.8 Å². The molecule has 0 unspecified atom stereocenters. The van der Waals surface area contributed by atoms with Gasteiger partial charge in [0.2, 0.25) is 5.88 Å². The maximum atomic E-state index is 5.71. The largest absolute Gasteiger partial charge is 0.437 e. The molecule has 0 amide bonds. The highest BCUT2D eigenvalue weighted by atomic mass is 16.5. The van der Waals surface area contributed by atoms with E-state index in [1.807, 2.05) is 25.1 Å². The highest BCUT2D eigenvalue weighted by Gasteiger charge is 2.03. The smallest absolute Gasteiger partial charge is 0.219 e. The molecule has 0 aliphatic rings. The summed E-state index contributed by atoms with van der Waals surface area (Å²) in [5, 5.41) is 3.38. The second-order valence-electron chi connectivity index (χ2n) is 4.78. The summed E-state index contributed by atoms with van der Waals surface area (Å²) in [7, 11) is 0. The average Bonchev–Trinajstić information content (AvgIpc) is 2.37. The molecule has 0 bridgehead atoms. The molecule has 1 N–H and O–H groups in total. The lowest BCUT2D eigenvalue weighted by Crippen LogP contribution is -2.21. The lowest BCUT2D eigenvalue weighted by Gasteiger charge is -2.10. The Hall–Kier alpha value is -1.94. The Labute approximate surface area is 113 Å². The molecule has 100 valence electrons. The summed E-state index contributed by atoms with van der Waals surface area (Å²) in [5.74, 6) is 1.30. The van der Waals surface area contributed by atoms with Gasteiger partial charge < -0.3 is 10.1 Å².